The minimum Gasteiger partial charge on any atom is -0.493 e. The molecule has 8 nitrogen and oxygen atoms in total. The van der Waals surface area contributed by atoms with Crippen molar-refractivity contribution in [1.82, 2.24) is 19.6 Å². The Labute approximate surface area is 202 Å². The lowest BCUT2D eigenvalue weighted by Gasteiger charge is -2.34. The molecule has 34 heavy (non-hydrogen) atoms. The molecule has 1 amide bonds. The second-order valence-electron chi connectivity index (χ2n) is 8.64. The molecule has 1 saturated heterocycles. The molecule has 0 aliphatic carbocycles. The molecule has 3 rings (SSSR count). The van der Waals surface area contributed by atoms with Crippen LogP contribution in [0, 0.1) is 0 Å². The number of carbonyl (C=O) groups excluding carboxylic acids is 2. The number of ether oxygens (including phenoxy) is 1. The van der Waals surface area contributed by atoms with Crippen molar-refractivity contribution in [2.24, 2.45) is 12.0 Å². The van der Waals surface area contributed by atoms with Crippen molar-refractivity contribution in [3.63, 3.8) is 0 Å². The van der Waals surface area contributed by atoms with E-state index in [-0.39, 0.29) is 11.7 Å². The number of hydrogen-bond acceptors (Lipinski definition) is 6. The molecule has 0 atom stereocenters. The van der Waals surface area contributed by atoms with E-state index in [1.807, 2.05) is 36.9 Å². The molecule has 0 unspecified atom stereocenters. The summed E-state index contributed by atoms with van der Waals surface area (Å²) in [6.07, 6.45) is 1.63. The monoisotopic (exact) mass is 467 g/mol. The van der Waals surface area contributed by atoms with Gasteiger partial charge in [-0.3, -0.25) is 14.3 Å². The highest BCUT2D eigenvalue weighted by Gasteiger charge is 2.23. The molecule has 0 radical (unpaired) electrons. The van der Waals surface area contributed by atoms with E-state index in [4.69, 9.17) is 9.73 Å². The lowest BCUT2D eigenvalue weighted by molar-refractivity contribution is 0.0643. The van der Waals surface area contributed by atoms with Crippen molar-refractivity contribution in [2.45, 2.75) is 47.5 Å². The van der Waals surface area contributed by atoms with E-state index in [1.54, 1.807) is 11.7 Å². The molecule has 8 heteroatoms. The number of ketones is 1. The fourth-order valence-electron chi connectivity index (χ4n) is 4.39. The summed E-state index contributed by atoms with van der Waals surface area (Å²) in [7, 11) is 1.77. The number of aryl methyl sites for hydroxylation is 2. The molecular formula is C26H37N5O3. The van der Waals surface area contributed by atoms with E-state index in [0.717, 1.165) is 56.8 Å². The van der Waals surface area contributed by atoms with Gasteiger partial charge >= 0.3 is 0 Å². The van der Waals surface area contributed by atoms with Crippen LogP contribution in [0.3, 0.4) is 0 Å². The number of aliphatic imine (C=N–C) groups is 1. The molecular weight excluding hydrogens is 430 g/mol. The first kappa shape index (κ1) is 25.6. The first-order valence-corrected chi connectivity index (χ1v) is 12.2. The quantitative estimate of drug-likeness (QED) is 0.413. The summed E-state index contributed by atoms with van der Waals surface area (Å²) >= 11 is 0. The smallest absolute Gasteiger partial charge is 0.253 e. The minimum absolute atomic E-state index is 0.0188. The van der Waals surface area contributed by atoms with Crippen LogP contribution in [0.2, 0.25) is 0 Å². The fraction of sp³-hybridized carbons (Fsp3) is 0.538. The standard InChI is InChI=1S/C26H37N5O3/c1-7-10-22-24(25(19(5)32)29(6)28-22)27-18(4)21-17-20(11-12-23(21)34-9-3)26(33)31-15-13-30(8-2)14-16-31/h11-12,17H,7-10,13-16H2,1-6H3. The van der Waals surface area contributed by atoms with Crippen molar-refractivity contribution < 1.29 is 14.3 Å². The molecule has 184 valence electrons. The molecule has 2 heterocycles. The highest BCUT2D eigenvalue weighted by atomic mass is 16.5. The molecule has 0 N–H and O–H groups in total. The number of rotatable bonds is 9. The number of carbonyl (C=O) groups is 2. The molecule has 1 aromatic heterocycles. The second kappa shape index (κ2) is 11.4. The average Bonchev–Trinajstić information content (AvgIpc) is 3.13. The maximum Gasteiger partial charge on any atom is 0.253 e. The van der Waals surface area contributed by atoms with Crippen LogP contribution in [0.4, 0.5) is 5.69 Å². The Kier molecular flexibility index (Phi) is 8.61. The van der Waals surface area contributed by atoms with Crippen molar-refractivity contribution in [2.75, 3.05) is 39.3 Å². The van der Waals surface area contributed by atoms with Crippen LogP contribution in [-0.2, 0) is 13.5 Å². The van der Waals surface area contributed by atoms with Gasteiger partial charge in [0.2, 0.25) is 0 Å². The van der Waals surface area contributed by atoms with Gasteiger partial charge in [-0.1, -0.05) is 20.3 Å². The first-order chi connectivity index (χ1) is 16.3. The van der Waals surface area contributed by atoms with Gasteiger partial charge in [0.1, 0.15) is 17.1 Å². The van der Waals surface area contributed by atoms with Gasteiger partial charge < -0.3 is 14.5 Å². The fourth-order valence-corrected chi connectivity index (χ4v) is 4.39. The Balaban J connectivity index is 2.01. The number of piperazine rings is 1. The minimum atomic E-state index is -0.0796. The molecule has 0 spiro atoms. The summed E-state index contributed by atoms with van der Waals surface area (Å²) in [5.74, 6) is 0.607. The molecule has 0 bridgehead atoms. The third-order valence-electron chi connectivity index (χ3n) is 6.21. The summed E-state index contributed by atoms with van der Waals surface area (Å²) in [6.45, 7) is 14.3. The van der Waals surface area contributed by atoms with Crippen LogP contribution in [0.25, 0.3) is 0 Å². The van der Waals surface area contributed by atoms with Crippen LogP contribution < -0.4 is 4.74 Å². The SMILES string of the molecule is CCCc1nn(C)c(C(C)=O)c1N=C(C)c1cc(C(=O)N2CCN(CC)CC2)ccc1OCC. The second-order valence-corrected chi connectivity index (χ2v) is 8.64. The van der Waals surface area contributed by atoms with Gasteiger partial charge in [0.05, 0.1) is 12.3 Å². The Bertz CT molecular complexity index is 1060. The summed E-state index contributed by atoms with van der Waals surface area (Å²) in [6, 6.07) is 5.53. The predicted molar refractivity (Wildman–Crippen MR) is 135 cm³/mol. The van der Waals surface area contributed by atoms with Crippen molar-refractivity contribution in [1.29, 1.82) is 0 Å². The van der Waals surface area contributed by atoms with Gasteiger partial charge in [-0.15, -0.1) is 0 Å². The third-order valence-corrected chi connectivity index (χ3v) is 6.21. The van der Waals surface area contributed by atoms with E-state index < -0.39 is 0 Å². The number of aromatic nitrogens is 2. The number of amides is 1. The molecule has 1 aromatic carbocycles. The van der Waals surface area contributed by atoms with E-state index >= 15 is 0 Å². The molecule has 0 saturated carbocycles. The number of hydrogen-bond donors (Lipinski definition) is 0. The largest absolute Gasteiger partial charge is 0.493 e. The van der Waals surface area contributed by atoms with Gasteiger partial charge in [0, 0.05) is 57.0 Å². The van der Waals surface area contributed by atoms with E-state index in [0.29, 0.717) is 35.0 Å². The highest BCUT2D eigenvalue weighted by molar-refractivity contribution is 6.07. The molecule has 1 aliphatic heterocycles. The summed E-state index contributed by atoms with van der Waals surface area (Å²) in [4.78, 5) is 34.7. The van der Waals surface area contributed by atoms with Crippen molar-refractivity contribution in [3.05, 3.63) is 40.7 Å². The highest BCUT2D eigenvalue weighted by Crippen LogP contribution is 2.29. The maximum absolute atomic E-state index is 13.3. The summed E-state index contributed by atoms with van der Waals surface area (Å²) in [5.41, 5.74) is 3.94. The normalized spacial score (nSPS) is 15.0. The Morgan fingerprint density at radius 3 is 2.38 bits per heavy atom. The summed E-state index contributed by atoms with van der Waals surface area (Å²) < 4.78 is 7.48. The number of likely N-dealkylation sites (N-methyl/N-ethyl adjacent to an activating group) is 1. The lowest BCUT2D eigenvalue weighted by atomic mass is 10.0. The molecule has 1 fully saturated rings. The average molecular weight is 468 g/mol. The predicted octanol–water partition coefficient (Wildman–Crippen LogP) is 3.89. The van der Waals surface area contributed by atoms with Gasteiger partial charge in [0.15, 0.2) is 5.78 Å². The molecule has 1 aliphatic rings. The van der Waals surface area contributed by atoms with E-state index in [2.05, 4.69) is 23.8 Å². The Morgan fingerprint density at radius 2 is 1.79 bits per heavy atom. The summed E-state index contributed by atoms with van der Waals surface area (Å²) in [5, 5.41) is 4.54. The van der Waals surface area contributed by atoms with Crippen molar-refractivity contribution >= 4 is 23.1 Å². The van der Waals surface area contributed by atoms with Crippen LogP contribution in [0.15, 0.2) is 23.2 Å². The first-order valence-electron chi connectivity index (χ1n) is 12.2. The van der Waals surface area contributed by atoms with Crippen LogP contribution >= 0.6 is 0 Å². The number of nitrogens with zero attached hydrogens (tertiary/aromatic N) is 5. The third kappa shape index (κ3) is 5.55. The van der Waals surface area contributed by atoms with Crippen molar-refractivity contribution in [3.8, 4) is 5.75 Å². The van der Waals surface area contributed by atoms with Crippen LogP contribution in [0.5, 0.6) is 5.75 Å². The van der Waals surface area contributed by atoms with Gasteiger partial charge in [-0.2, -0.15) is 5.10 Å². The maximum atomic E-state index is 13.3. The van der Waals surface area contributed by atoms with E-state index in [1.165, 1.54) is 6.92 Å². The topological polar surface area (TPSA) is 80.0 Å². The van der Waals surface area contributed by atoms with Gasteiger partial charge in [0.25, 0.3) is 5.91 Å². The number of benzene rings is 1. The molecule has 2 aromatic rings. The zero-order valence-electron chi connectivity index (χ0n) is 21.3. The zero-order chi connectivity index (χ0) is 24.8. The van der Waals surface area contributed by atoms with Gasteiger partial charge in [-0.25, -0.2) is 4.99 Å². The number of Topliss-reactive ketones (excluding diaryl/α,β-unsaturated/α-hetero) is 1. The van der Waals surface area contributed by atoms with Gasteiger partial charge in [-0.05, 0) is 45.0 Å². The van der Waals surface area contributed by atoms with Crippen LogP contribution in [-0.4, -0.2) is 76.3 Å². The van der Waals surface area contributed by atoms with E-state index in [9.17, 15) is 9.59 Å². The Morgan fingerprint density at radius 1 is 1.09 bits per heavy atom. The van der Waals surface area contributed by atoms with Crippen LogP contribution in [0.1, 0.15) is 73.1 Å². The lowest BCUT2D eigenvalue weighted by Crippen LogP contribution is -2.48. The Hall–Kier alpha value is -3.00. The zero-order valence-corrected chi connectivity index (χ0v) is 21.3.